The number of rotatable bonds is 6. The van der Waals surface area contributed by atoms with Crippen molar-refractivity contribution >= 4 is 40.0 Å². The predicted octanol–water partition coefficient (Wildman–Crippen LogP) is 4.34. The maximum Gasteiger partial charge on any atom is 0.411 e. The topological polar surface area (TPSA) is 119 Å². The third kappa shape index (κ3) is 5.18. The molecule has 0 spiro atoms. The van der Waals surface area contributed by atoms with Crippen LogP contribution in [0.5, 0.6) is 0 Å². The second kappa shape index (κ2) is 9.00. The zero-order chi connectivity index (χ0) is 21.6. The molecule has 8 nitrogen and oxygen atoms in total. The number of hydrogen-bond donors (Lipinski definition) is 3. The number of fused-ring (bicyclic) bond motifs is 1. The minimum atomic E-state index is -0.577. The number of nitrogens with one attached hydrogen (secondary N) is 2. The second-order valence-corrected chi connectivity index (χ2v) is 6.84. The molecule has 8 heteroatoms. The molecule has 0 aliphatic heterocycles. The number of carbonyl (C=O) groups excluding carboxylic acids is 2. The van der Waals surface area contributed by atoms with Crippen molar-refractivity contribution < 1.29 is 18.7 Å². The van der Waals surface area contributed by atoms with Crippen molar-refractivity contribution in [2.45, 2.75) is 13.0 Å². The molecule has 0 aliphatic carbocycles. The molecule has 31 heavy (non-hydrogen) atoms. The minimum Gasteiger partial charge on any atom is -0.461 e. The van der Waals surface area contributed by atoms with Gasteiger partial charge in [0.1, 0.15) is 18.0 Å². The number of aromatic nitrogens is 1. The fourth-order valence-electron chi connectivity index (χ4n) is 3.01. The maximum atomic E-state index is 12.3. The molecule has 0 saturated heterocycles. The number of nitrogen functional groups attached to an aromatic ring is 1. The van der Waals surface area contributed by atoms with Crippen LogP contribution in [0, 0.1) is 0 Å². The molecule has 156 valence electrons. The molecule has 0 atom stereocenters. The average molecular weight is 416 g/mol. The first-order valence-electron chi connectivity index (χ1n) is 9.56. The van der Waals surface area contributed by atoms with Gasteiger partial charge in [-0.05, 0) is 42.5 Å². The lowest BCUT2D eigenvalue weighted by Gasteiger charge is -2.06. The van der Waals surface area contributed by atoms with Crippen LogP contribution >= 0.6 is 0 Å². The van der Waals surface area contributed by atoms with E-state index >= 15 is 0 Å². The Hall–Kier alpha value is -4.33. The van der Waals surface area contributed by atoms with Gasteiger partial charge in [-0.3, -0.25) is 15.1 Å². The standard InChI is InChI=1S/C23H20N4O4/c24-19-5-1-2-6-20(19)27-22(28)12-18-11-16-10-17(7-8-21(16)31-18)26-23(29)30-14-15-4-3-9-25-13-15/h1-11,13H,12,14,24H2,(H,26,29)(H,27,28). The van der Waals surface area contributed by atoms with Gasteiger partial charge in [-0.2, -0.15) is 0 Å². The molecule has 2 amide bonds. The van der Waals surface area contributed by atoms with Crippen LogP contribution in [0.15, 0.2) is 77.5 Å². The quantitative estimate of drug-likeness (QED) is 0.402. The van der Waals surface area contributed by atoms with Crippen molar-refractivity contribution in [3.8, 4) is 0 Å². The summed E-state index contributed by atoms with van der Waals surface area (Å²) in [5.41, 5.74) is 8.85. The summed E-state index contributed by atoms with van der Waals surface area (Å²) in [4.78, 5) is 28.3. The van der Waals surface area contributed by atoms with Crippen molar-refractivity contribution in [1.82, 2.24) is 4.98 Å². The second-order valence-electron chi connectivity index (χ2n) is 6.84. The highest BCUT2D eigenvalue weighted by Crippen LogP contribution is 2.24. The van der Waals surface area contributed by atoms with Gasteiger partial charge in [-0.1, -0.05) is 18.2 Å². The minimum absolute atomic E-state index is 0.0545. The molecular formula is C23H20N4O4. The Morgan fingerprint density at radius 1 is 1.03 bits per heavy atom. The van der Waals surface area contributed by atoms with Crippen molar-refractivity contribution in [2.24, 2.45) is 0 Å². The number of hydrogen-bond acceptors (Lipinski definition) is 6. The fourth-order valence-corrected chi connectivity index (χ4v) is 3.01. The van der Waals surface area contributed by atoms with Gasteiger partial charge in [-0.25, -0.2) is 4.79 Å². The molecule has 0 saturated carbocycles. The van der Waals surface area contributed by atoms with Gasteiger partial charge in [0, 0.05) is 29.0 Å². The lowest BCUT2D eigenvalue weighted by atomic mass is 10.2. The summed E-state index contributed by atoms with van der Waals surface area (Å²) < 4.78 is 10.9. The van der Waals surface area contributed by atoms with Crippen LogP contribution in [-0.2, 0) is 22.6 Å². The van der Waals surface area contributed by atoms with Crippen molar-refractivity contribution in [3.63, 3.8) is 0 Å². The molecule has 0 unspecified atom stereocenters. The molecule has 2 aromatic heterocycles. The SMILES string of the molecule is Nc1ccccc1NC(=O)Cc1cc2cc(NC(=O)OCc3cccnc3)ccc2o1. The summed E-state index contributed by atoms with van der Waals surface area (Å²) in [6.45, 7) is 0.124. The van der Waals surface area contributed by atoms with Crippen LogP contribution in [0.2, 0.25) is 0 Å². The first kappa shape index (κ1) is 20.0. The van der Waals surface area contributed by atoms with E-state index < -0.39 is 6.09 Å². The number of carbonyl (C=O) groups is 2. The summed E-state index contributed by atoms with van der Waals surface area (Å²) in [5.74, 6) is 0.257. The molecule has 0 aliphatic rings. The molecule has 2 aromatic carbocycles. The van der Waals surface area contributed by atoms with Crippen molar-refractivity contribution in [2.75, 3.05) is 16.4 Å². The van der Waals surface area contributed by atoms with Gasteiger partial charge in [0.05, 0.1) is 17.8 Å². The Bertz CT molecular complexity index is 1220. The highest BCUT2D eigenvalue weighted by molar-refractivity contribution is 5.95. The van der Waals surface area contributed by atoms with E-state index in [4.69, 9.17) is 14.9 Å². The van der Waals surface area contributed by atoms with E-state index in [0.717, 1.165) is 10.9 Å². The van der Waals surface area contributed by atoms with Crippen LogP contribution < -0.4 is 16.4 Å². The van der Waals surface area contributed by atoms with Crippen LogP contribution in [0.4, 0.5) is 21.9 Å². The molecule has 4 aromatic rings. The van der Waals surface area contributed by atoms with Crippen molar-refractivity contribution in [3.05, 3.63) is 84.4 Å². The zero-order valence-corrected chi connectivity index (χ0v) is 16.5. The first-order valence-corrected chi connectivity index (χ1v) is 9.56. The van der Waals surface area contributed by atoms with E-state index in [1.807, 2.05) is 6.07 Å². The lowest BCUT2D eigenvalue weighted by molar-refractivity contribution is -0.115. The highest BCUT2D eigenvalue weighted by atomic mass is 16.5. The Morgan fingerprint density at radius 2 is 1.90 bits per heavy atom. The lowest BCUT2D eigenvalue weighted by Crippen LogP contribution is -2.15. The van der Waals surface area contributed by atoms with Gasteiger partial charge >= 0.3 is 6.09 Å². The maximum absolute atomic E-state index is 12.3. The molecule has 4 N–H and O–H groups in total. The number of benzene rings is 2. The number of pyridine rings is 1. The number of nitrogens with zero attached hydrogens (tertiary/aromatic N) is 1. The summed E-state index contributed by atoms with van der Waals surface area (Å²) in [7, 11) is 0. The molecule has 0 radical (unpaired) electrons. The number of para-hydroxylation sites is 2. The summed E-state index contributed by atoms with van der Waals surface area (Å²) in [5, 5.41) is 6.20. The molecule has 0 fully saturated rings. The number of amides is 2. The van der Waals surface area contributed by atoms with Crippen molar-refractivity contribution in [1.29, 1.82) is 0 Å². The largest absolute Gasteiger partial charge is 0.461 e. The Balaban J connectivity index is 1.37. The Labute approximate surface area is 178 Å². The first-order chi connectivity index (χ1) is 15.1. The number of nitrogens with two attached hydrogens (primary N) is 1. The van der Waals surface area contributed by atoms with Gasteiger partial charge < -0.3 is 20.2 Å². The van der Waals surface area contributed by atoms with Gasteiger partial charge in [-0.15, -0.1) is 0 Å². The van der Waals surface area contributed by atoms with E-state index in [-0.39, 0.29) is 18.9 Å². The molecule has 0 bridgehead atoms. The van der Waals surface area contributed by atoms with E-state index in [1.165, 1.54) is 0 Å². The third-order valence-corrected chi connectivity index (χ3v) is 4.48. The molecule has 4 rings (SSSR count). The van der Waals surface area contributed by atoms with Crippen LogP contribution in [-0.4, -0.2) is 17.0 Å². The zero-order valence-electron chi connectivity index (χ0n) is 16.5. The Kier molecular flexibility index (Phi) is 5.79. The monoisotopic (exact) mass is 416 g/mol. The van der Waals surface area contributed by atoms with Gasteiger partial charge in [0.25, 0.3) is 0 Å². The summed E-state index contributed by atoms with van der Waals surface area (Å²) >= 11 is 0. The molecule has 2 heterocycles. The van der Waals surface area contributed by atoms with Crippen LogP contribution in [0.25, 0.3) is 11.0 Å². The number of ether oxygens (including phenoxy) is 1. The van der Waals surface area contributed by atoms with Crippen LogP contribution in [0.3, 0.4) is 0 Å². The van der Waals surface area contributed by atoms with Crippen LogP contribution in [0.1, 0.15) is 11.3 Å². The number of anilines is 3. The fraction of sp³-hybridized carbons (Fsp3) is 0.0870. The van der Waals surface area contributed by atoms with Gasteiger partial charge in [0.2, 0.25) is 5.91 Å². The van der Waals surface area contributed by atoms with E-state index in [0.29, 0.717) is 28.4 Å². The third-order valence-electron chi connectivity index (χ3n) is 4.48. The summed E-state index contributed by atoms with van der Waals surface area (Å²) in [6, 6.07) is 17.6. The van der Waals surface area contributed by atoms with E-state index in [2.05, 4.69) is 15.6 Å². The van der Waals surface area contributed by atoms with Gasteiger partial charge in [0.15, 0.2) is 0 Å². The average Bonchev–Trinajstić information content (AvgIpc) is 3.16. The predicted molar refractivity (Wildman–Crippen MR) is 117 cm³/mol. The smallest absolute Gasteiger partial charge is 0.411 e. The number of furan rings is 1. The van der Waals surface area contributed by atoms with E-state index in [1.54, 1.807) is 67.0 Å². The summed E-state index contributed by atoms with van der Waals surface area (Å²) in [6.07, 6.45) is 2.76. The molecular weight excluding hydrogens is 396 g/mol. The highest BCUT2D eigenvalue weighted by Gasteiger charge is 2.12. The normalized spacial score (nSPS) is 10.6. The Morgan fingerprint density at radius 3 is 2.71 bits per heavy atom. The van der Waals surface area contributed by atoms with E-state index in [9.17, 15) is 9.59 Å².